The van der Waals surface area contributed by atoms with Crippen molar-refractivity contribution in [1.29, 1.82) is 0 Å². The molecule has 2 aromatic carbocycles. The molecule has 6 nitrogen and oxygen atoms in total. The maximum Gasteiger partial charge on any atom is 0.234 e. The lowest BCUT2D eigenvalue weighted by Crippen LogP contribution is -2.14. The molecule has 0 atom stereocenters. The van der Waals surface area contributed by atoms with Crippen LogP contribution in [0, 0.1) is 13.8 Å². The van der Waals surface area contributed by atoms with Crippen LogP contribution in [0.4, 0.5) is 5.69 Å². The number of halogens is 1. The number of aryl methyl sites for hydroxylation is 2. The lowest BCUT2D eigenvalue weighted by atomic mass is 10.1. The van der Waals surface area contributed by atoms with Gasteiger partial charge in [0, 0.05) is 17.8 Å². The fourth-order valence-electron chi connectivity index (χ4n) is 2.65. The van der Waals surface area contributed by atoms with Crippen molar-refractivity contribution in [3.05, 3.63) is 64.4 Å². The minimum atomic E-state index is -0.0861. The molecule has 0 bridgehead atoms. The molecular weight excluding hydrogens is 396 g/mol. The van der Waals surface area contributed by atoms with Gasteiger partial charge in [0.2, 0.25) is 5.91 Å². The standard InChI is InChI=1S/C20H21ClN4O2S/c1-13-8-14(2)10-16(9-13)22-19(26)12-28-20-24-23-18(25(20)3)11-27-17-6-4-15(21)5-7-17/h4-10H,11-12H2,1-3H3,(H,22,26). The number of nitrogens with zero attached hydrogens (tertiary/aromatic N) is 3. The summed E-state index contributed by atoms with van der Waals surface area (Å²) in [5.74, 6) is 1.54. The molecule has 28 heavy (non-hydrogen) atoms. The van der Waals surface area contributed by atoms with Crippen LogP contribution in [0.15, 0.2) is 47.6 Å². The van der Waals surface area contributed by atoms with E-state index in [1.54, 1.807) is 24.3 Å². The highest BCUT2D eigenvalue weighted by Gasteiger charge is 2.12. The summed E-state index contributed by atoms with van der Waals surface area (Å²) in [4.78, 5) is 12.2. The number of amides is 1. The predicted octanol–water partition coefficient (Wildman–Crippen LogP) is 4.40. The van der Waals surface area contributed by atoms with E-state index in [2.05, 4.69) is 21.6 Å². The summed E-state index contributed by atoms with van der Waals surface area (Å²) >= 11 is 7.20. The van der Waals surface area contributed by atoms with Gasteiger partial charge in [-0.15, -0.1) is 10.2 Å². The molecule has 0 radical (unpaired) electrons. The quantitative estimate of drug-likeness (QED) is 0.578. The summed E-state index contributed by atoms with van der Waals surface area (Å²) in [6.45, 7) is 4.29. The van der Waals surface area contributed by atoms with Gasteiger partial charge in [0.05, 0.1) is 5.75 Å². The number of aromatic nitrogens is 3. The Kier molecular flexibility index (Phi) is 6.59. The van der Waals surface area contributed by atoms with Gasteiger partial charge in [0.15, 0.2) is 11.0 Å². The summed E-state index contributed by atoms with van der Waals surface area (Å²) in [7, 11) is 1.85. The van der Waals surface area contributed by atoms with Gasteiger partial charge in [-0.2, -0.15) is 0 Å². The Hall–Kier alpha value is -2.51. The van der Waals surface area contributed by atoms with Gasteiger partial charge in [-0.25, -0.2) is 0 Å². The molecule has 0 unspecified atom stereocenters. The highest BCUT2D eigenvalue weighted by atomic mass is 35.5. The van der Waals surface area contributed by atoms with E-state index in [-0.39, 0.29) is 18.3 Å². The van der Waals surface area contributed by atoms with Gasteiger partial charge in [0.1, 0.15) is 12.4 Å². The van der Waals surface area contributed by atoms with Crippen LogP contribution in [0.2, 0.25) is 5.02 Å². The van der Waals surface area contributed by atoms with Crippen molar-refractivity contribution in [2.75, 3.05) is 11.1 Å². The maximum absolute atomic E-state index is 12.2. The molecular formula is C20H21ClN4O2S. The number of benzene rings is 2. The smallest absolute Gasteiger partial charge is 0.234 e. The number of nitrogens with one attached hydrogen (secondary N) is 1. The summed E-state index contributed by atoms with van der Waals surface area (Å²) < 4.78 is 7.52. The molecule has 1 amide bonds. The molecule has 0 saturated heterocycles. The van der Waals surface area contributed by atoms with Crippen molar-refractivity contribution in [1.82, 2.24) is 14.8 Å². The van der Waals surface area contributed by atoms with Crippen molar-refractivity contribution in [3.8, 4) is 5.75 Å². The molecule has 0 aliphatic heterocycles. The van der Waals surface area contributed by atoms with E-state index < -0.39 is 0 Å². The molecule has 1 N–H and O–H groups in total. The molecule has 8 heteroatoms. The number of rotatable bonds is 7. The first-order valence-electron chi connectivity index (χ1n) is 8.68. The van der Waals surface area contributed by atoms with Crippen LogP contribution < -0.4 is 10.1 Å². The van der Waals surface area contributed by atoms with Crippen molar-refractivity contribution < 1.29 is 9.53 Å². The van der Waals surface area contributed by atoms with E-state index in [9.17, 15) is 4.79 Å². The minimum absolute atomic E-state index is 0.0861. The first kappa shape index (κ1) is 20.2. The largest absolute Gasteiger partial charge is 0.486 e. The highest BCUT2D eigenvalue weighted by Crippen LogP contribution is 2.20. The molecule has 0 aliphatic carbocycles. The Bertz CT molecular complexity index is 953. The average Bonchev–Trinajstić information content (AvgIpc) is 2.98. The second kappa shape index (κ2) is 9.12. The molecule has 0 spiro atoms. The number of hydrogen-bond donors (Lipinski definition) is 1. The Morgan fingerprint density at radius 1 is 1.14 bits per heavy atom. The van der Waals surface area contributed by atoms with Crippen LogP contribution in [-0.4, -0.2) is 26.4 Å². The summed E-state index contributed by atoms with van der Waals surface area (Å²) in [5.41, 5.74) is 3.03. The zero-order valence-corrected chi connectivity index (χ0v) is 17.5. The van der Waals surface area contributed by atoms with E-state index in [0.29, 0.717) is 21.8 Å². The third kappa shape index (κ3) is 5.50. The molecule has 1 aromatic heterocycles. The van der Waals surface area contributed by atoms with Crippen LogP contribution >= 0.6 is 23.4 Å². The Morgan fingerprint density at radius 3 is 2.50 bits per heavy atom. The van der Waals surface area contributed by atoms with Crippen LogP contribution in [0.1, 0.15) is 17.0 Å². The SMILES string of the molecule is Cc1cc(C)cc(NC(=O)CSc2nnc(COc3ccc(Cl)cc3)n2C)c1. The van der Waals surface area contributed by atoms with Gasteiger partial charge >= 0.3 is 0 Å². The molecule has 0 fully saturated rings. The second-order valence-electron chi connectivity index (χ2n) is 6.41. The van der Waals surface area contributed by atoms with Gasteiger partial charge < -0.3 is 14.6 Å². The van der Waals surface area contributed by atoms with Crippen molar-refractivity contribution in [2.45, 2.75) is 25.6 Å². The van der Waals surface area contributed by atoms with Gasteiger partial charge in [0.25, 0.3) is 0 Å². The van der Waals surface area contributed by atoms with Crippen LogP contribution in [-0.2, 0) is 18.4 Å². The topological polar surface area (TPSA) is 69.0 Å². The molecule has 0 saturated carbocycles. The highest BCUT2D eigenvalue weighted by molar-refractivity contribution is 7.99. The molecule has 3 aromatic rings. The maximum atomic E-state index is 12.2. The number of carbonyl (C=O) groups is 1. The monoisotopic (exact) mass is 416 g/mol. The van der Waals surface area contributed by atoms with E-state index in [1.165, 1.54) is 11.8 Å². The Balaban J connectivity index is 1.53. The Morgan fingerprint density at radius 2 is 1.82 bits per heavy atom. The van der Waals surface area contributed by atoms with Crippen LogP contribution in [0.5, 0.6) is 5.75 Å². The van der Waals surface area contributed by atoms with Crippen molar-refractivity contribution in [3.63, 3.8) is 0 Å². The number of ether oxygens (including phenoxy) is 1. The third-order valence-corrected chi connectivity index (χ3v) is 5.22. The number of hydrogen-bond acceptors (Lipinski definition) is 5. The molecule has 1 heterocycles. The van der Waals surface area contributed by atoms with Gasteiger partial charge in [-0.3, -0.25) is 4.79 Å². The van der Waals surface area contributed by atoms with E-state index in [4.69, 9.17) is 16.3 Å². The predicted molar refractivity (Wildman–Crippen MR) is 112 cm³/mol. The summed E-state index contributed by atoms with van der Waals surface area (Å²) in [6.07, 6.45) is 0. The number of anilines is 1. The van der Waals surface area contributed by atoms with E-state index in [1.807, 2.05) is 37.6 Å². The zero-order chi connectivity index (χ0) is 20.1. The van der Waals surface area contributed by atoms with Gasteiger partial charge in [-0.05, 0) is 61.4 Å². The fourth-order valence-corrected chi connectivity index (χ4v) is 3.51. The van der Waals surface area contributed by atoms with E-state index in [0.717, 1.165) is 16.8 Å². The lowest BCUT2D eigenvalue weighted by molar-refractivity contribution is -0.113. The number of carbonyl (C=O) groups excluding carboxylic acids is 1. The Labute approximate surface area is 173 Å². The average molecular weight is 417 g/mol. The second-order valence-corrected chi connectivity index (χ2v) is 7.79. The van der Waals surface area contributed by atoms with Crippen LogP contribution in [0.3, 0.4) is 0 Å². The number of thioether (sulfide) groups is 1. The van der Waals surface area contributed by atoms with Crippen molar-refractivity contribution >= 4 is 35.0 Å². The summed E-state index contributed by atoms with van der Waals surface area (Å²) in [6, 6.07) is 13.1. The minimum Gasteiger partial charge on any atom is -0.486 e. The third-order valence-electron chi connectivity index (χ3n) is 3.94. The normalized spacial score (nSPS) is 10.7. The first-order chi connectivity index (χ1) is 13.4. The zero-order valence-electron chi connectivity index (χ0n) is 15.9. The van der Waals surface area contributed by atoms with Crippen LogP contribution in [0.25, 0.3) is 0 Å². The van der Waals surface area contributed by atoms with E-state index >= 15 is 0 Å². The first-order valence-corrected chi connectivity index (χ1v) is 10.0. The summed E-state index contributed by atoms with van der Waals surface area (Å²) in [5, 5.41) is 12.5. The molecule has 0 aliphatic rings. The lowest BCUT2D eigenvalue weighted by Gasteiger charge is -2.08. The molecule has 146 valence electrons. The fraction of sp³-hybridized carbons (Fsp3) is 0.250. The van der Waals surface area contributed by atoms with Crippen molar-refractivity contribution in [2.24, 2.45) is 7.05 Å². The van der Waals surface area contributed by atoms with Gasteiger partial charge in [-0.1, -0.05) is 29.4 Å². The molecule has 3 rings (SSSR count).